The molecular weight excluding hydrogens is 264 g/mol. The van der Waals surface area contributed by atoms with Gasteiger partial charge in [0.15, 0.2) is 0 Å². The van der Waals surface area contributed by atoms with E-state index in [4.69, 9.17) is 17.0 Å². The van der Waals surface area contributed by atoms with E-state index in [1.54, 1.807) is 30.3 Å². The molecule has 4 heteroatoms. The summed E-state index contributed by atoms with van der Waals surface area (Å²) in [7, 11) is 0. The van der Waals surface area contributed by atoms with E-state index in [1.165, 1.54) is 32.1 Å². The van der Waals surface area contributed by atoms with Crippen LogP contribution in [0.5, 0.6) is 0 Å². The molecule has 1 rings (SSSR count). The van der Waals surface area contributed by atoms with Gasteiger partial charge < -0.3 is 5.11 Å². The van der Waals surface area contributed by atoms with Crippen LogP contribution in [0.25, 0.3) is 0 Å². The molecule has 0 unspecified atom stereocenters. The predicted octanol–water partition coefficient (Wildman–Crippen LogP) is 4.90. The van der Waals surface area contributed by atoms with Crippen LogP contribution in [0.2, 0.25) is 0 Å². The fourth-order valence-corrected chi connectivity index (χ4v) is 1.63. The largest absolute Gasteiger partial charge is 0.478 e. The number of hydrogen-bond acceptors (Lipinski definition) is 2. The van der Waals surface area contributed by atoms with Gasteiger partial charge in [0, 0.05) is 0 Å². The third kappa shape index (κ3) is 11.7. The van der Waals surface area contributed by atoms with Crippen LogP contribution in [0, 0.1) is 0 Å². The van der Waals surface area contributed by atoms with Crippen molar-refractivity contribution in [3.63, 3.8) is 0 Å². The Balaban J connectivity index is 0.000000342. The van der Waals surface area contributed by atoms with Gasteiger partial charge in [-0.15, -0.1) is 0 Å². The van der Waals surface area contributed by atoms with E-state index >= 15 is 0 Å². The zero-order chi connectivity index (χ0) is 14.3. The van der Waals surface area contributed by atoms with Crippen LogP contribution in [-0.2, 0) is 4.29 Å². The van der Waals surface area contributed by atoms with Crippen molar-refractivity contribution in [3.05, 3.63) is 35.9 Å². The molecule has 0 aliphatic heterocycles. The zero-order valence-electron chi connectivity index (χ0n) is 11.5. The molecule has 1 N–H and O–H groups in total. The van der Waals surface area contributed by atoms with Crippen LogP contribution in [0.15, 0.2) is 30.3 Å². The van der Waals surface area contributed by atoms with E-state index in [0.29, 0.717) is 12.2 Å². The molecule has 0 fully saturated rings. The molecule has 0 heterocycles. The molecule has 0 bridgehead atoms. The summed E-state index contributed by atoms with van der Waals surface area (Å²) in [5, 5.41) is 8.38. The number of halogens is 1. The molecule has 0 radical (unpaired) electrons. The lowest BCUT2D eigenvalue weighted by atomic mass is 10.1. The Hall–Kier alpha value is -1.06. The quantitative estimate of drug-likeness (QED) is 0.691. The van der Waals surface area contributed by atoms with Crippen molar-refractivity contribution in [2.45, 2.75) is 45.4 Å². The lowest BCUT2D eigenvalue weighted by molar-refractivity contribution is 0.0697. The van der Waals surface area contributed by atoms with Gasteiger partial charge in [0.05, 0.1) is 24.0 Å². The average Bonchev–Trinajstić information content (AvgIpc) is 2.44. The number of benzene rings is 1. The molecule has 3 nitrogen and oxygen atoms in total. The van der Waals surface area contributed by atoms with Gasteiger partial charge in [0.1, 0.15) is 0 Å². The highest BCUT2D eigenvalue weighted by Gasteiger charge is 1.96. The Morgan fingerprint density at radius 1 is 1.11 bits per heavy atom. The van der Waals surface area contributed by atoms with E-state index in [2.05, 4.69) is 11.2 Å². The first-order chi connectivity index (χ1) is 9.22. The number of rotatable bonds is 8. The van der Waals surface area contributed by atoms with Gasteiger partial charge in [-0.1, -0.05) is 57.2 Å². The summed E-state index contributed by atoms with van der Waals surface area (Å²) >= 11 is 5.04. The predicted molar refractivity (Wildman–Crippen MR) is 78.6 cm³/mol. The first-order valence-corrected chi connectivity index (χ1v) is 7.05. The van der Waals surface area contributed by atoms with Gasteiger partial charge in [-0.05, 0) is 18.6 Å². The third-order valence-electron chi connectivity index (χ3n) is 2.60. The topological polar surface area (TPSA) is 46.5 Å². The van der Waals surface area contributed by atoms with Gasteiger partial charge in [-0.3, -0.25) is 4.29 Å². The number of carbonyl (C=O) groups is 1. The van der Waals surface area contributed by atoms with Gasteiger partial charge in [-0.2, -0.15) is 0 Å². The summed E-state index contributed by atoms with van der Waals surface area (Å²) < 4.78 is 4.42. The molecule has 0 saturated carbocycles. The summed E-state index contributed by atoms with van der Waals surface area (Å²) in [6.07, 6.45) is 7.72. The van der Waals surface area contributed by atoms with Gasteiger partial charge in [-0.25, -0.2) is 4.79 Å². The second-order valence-corrected chi connectivity index (χ2v) is 4.47. The summed E-state index contributed by atoms with van der Waals surface area (Å²) in [6, 6.07) is 8.30. The van der Waals surface area contributed by atoms with Crippen molar-refractivity contribution in [2.75, 3.05) is 6.61 Å². The number of aromatic carboxylic acids is 1. The maximum atomic E-state index is 10.2. The van der Waals surface area contributed by atoms with Crippen molar-refractivity contribution >= 4 is 17.8 Å². The van der Waals surface area contributed by atoms with E-state index in [1.807, 2.05) is 0 Å². The lowest BCUT2D eigenvalue weighted by Gasteiger charge is -1.97. The summed E-state index contributed by atoms with van der Waals surface area (Å²) in [6.45, 7) is 2.93. The standard InChI is InChI=1S/C8H17ClO.C7H6O2/c1-2-3-4-5-6-7-8-10-9;8-7(9)6-4-2-1-3-5-6/h2-8H2,1H3;1-5H,(H,8,9). The molecule has 0 aliphatic rings. The first-order valence-electron chi connectivity index (χ1n) is 6.74. The summed E-state index contributed by atoms with van der Waals surface area (Å²) in [4.78, 5) is 10.2. The zero-order valence-corrected chi connectivity index (χ0v) is 12.2. The minimum atomic E-state index is -0.879. The van der Waals surface area contributed by atoms with Crippen molar-refractivity contribution in [1.82, 2.24) is 0 Å². The molecule has 0 aliphatic carbocycles. The maximum Gasteiger partial charge on any atom is 0.335 e. The van der Waals surface area contributed by atoms with E-state index in [-0.39, 0.29) is 0 Å². The Bertz CT molecular complexity index is 306. The van der Waals surface area contributed by atoms with Crippen LogP contribution in [0.3, 0.4) is 0 Å². The highest BCUT2D eigenvalue weighted by Crippen LogP contribution is 2.04. The maximum absolute atomic E-state index is 10.2. The van der Waals surface area contributed by atoms with Crippen molar-refractivity contribution in [3.8, 4) is 0 Å². The molecule has 0 amide bonds. The van der Waals surface area contributed by atoms with Gasteiger partial charge >= 0.3 is 5.97 Å². The van der Waals surface area contributed by atoms with E-state index in [0.717, 1.165) is 6.42 Å². The number of carboxylic acids is 1. The minimum Gasteiger partial charge on any atom is -0.478 e. The summed E-state index contributed by atoms with van der Waals surface area (Å²) in [5.41, 5.74) is 0.331. The van der Waals surface area contributed by atoms with E-state index < -0.39 is 5.97 Å². The highest BCUT2D eigenvalue weighted by atomic mass is 35.5. The second-order valence-electron chi connectivity index (χ2n) is 4.25. The van der Waals surface area contributed by atoms with Gasteiger partial charge in [0.2, 0.25) is 0 Å². The van der Waals surface area contributed by atoms with Crippen LogP contribution in [0.4, 0.5) is 0 Å². The number of unbranched alkanes of at least 4 members (excludes halogenated alkanes) is 5. The monoisotopic (exact) mass is 286 g/mol. The highest BCUT2D eigenvalue weighted by molar-refractivity contribution is 6.07. The van der Waals surface area contributed by atoms with Crippen LogP contribution >= 0.6 is 11.9 Å². The smallest absolute Gasteiger partial charge is 0.335 e. The van der Waals surface area contributed by atoms with Crippen molar-refractivity contribution in [1.29, 1.82) is 0 Å². The second kappa shape index (κ2) is 13.4. The van der Waals surface area contributed by atoms with Crippen LogP contribution < -0.4 is 0 Å². The lowest BCUT2D eigenvalue weighted by Crippen LogP contribution is -1.93. The molecule has 108 valence electrons. The van der Waals surface area contributed by atoms with Crippen LogP contribution in [-0.4, -0.2) is 17.7 Å². The molecule has 0 aromatic heterocycles. The molecule has 0 spiro atoms. The van der Waals surface area contributed by atoms with Crippen LogP contribution in [0.1, 0.15) is 55.8 Å². The third-order valence-corrected chi connectivity index (χ3v) is 2.75. The minimum absolute atomic E-state index is 0.331. The molecule has 19 heavy (non-hydrogen) atoms. The molecular formula is C15H23ClO3. The Labute approximate surface area is 120 Å². The summed E-state index contributed by atoms with van der Waals surface area (Å²) in [5.74, 6) is -0.879. The van der Waals surface area contributed by atoms with Gasteiger partial charge in [0.25, 0.3) is 0 Å². The Kier molecular flexibility index (Phi) is 12.6. The Morgan fingerprint density at radius 3 is 2.16 bits per heavy atom. The SMILES string of the molecule is CCCCCCCCOCl.O=C(O)c1ccccc1. The van der Waals surface area contributed by atoms with Crippen molar-refractivity contribution in [2.24, 2.45) is 0 Å². The molecule has 0 saturated heterocycles. The average molecular weight is 287 g/mol. The fourth-order valence-electron chi connectivity index (χ4n) is 1.52. The first kappa shape index (κ1) is 17.9. The molecule has 1 aromatic carbocycles. The van der Waals surface area contributed by atoms with Crippen molar-refractivity contribution < 1.29 is 14.2 Å². The normalized spacial score (nSPS) is 9.58. The number of hydrogen-bond donors (Lipinski definition) is 1. The fraction of sp³-hybridized carbons (Fsp3) is 0.533. The molecule has 1 aromatic rings. The number of carboxylic acid groups (broad SMARTS) is 1. The Morgan fingerprint density at radius 2 is 1.68 bits per heavy atom. The molecule has 0 atom stereocenters. The van der Waals surface area contributed by atoms with E-state index in [9.17, 15) is 4.79 Å².